The molecule has 3 aliphatic rings. The van der Waals surface area contributed by atoms with Crippen molar-refractivity contribution in [3.63, 3.8) is 0 Å². The van der Waals surface area contributed by atoms with Gasteiger partial charge in [-0.2, -0.15) is 0 Å². The van der Waals surface area contributed by atoms with Gasteiger partial charge < -0.3 is 14.2 Å². The summed E-state index contributed by atoms with van der Waals surface area (Å²) in [5, 5.41) is 1.31. The maximum atomic E-state index is 13.8. The van der Waals surface area contributed by atoms with Crippen molar-refractivity contribution in [1.82, 2.24) is 9.47 Å². The Bertz CT molecular complexity index is 1140. The summed E-state index contributed by atoms with van der Waals surface area (Å²) < 4.78 is 8.23. The van der Waals surface area contributed by atoms with E-state index in [9.17, 15) is 4.79 Å². The Morgan fingerprint density at radius 3 is 2.84 bits per heavy atom. The van der Waals surface area contributed by atoms with Crippen LogP contribution in [0.25, 0.3) is 5.00 Å². The number of amides is 1. The fraction of sp³-hybridized carbons (Fsp3) is 0.423. The van der Waals surface area contributed by atoms with E-state index in [4.69, 9.17) is 4.74 Å². The number of benzene rings is 1. The summed E-state index contributed by atoms with van der Waals surface area (Å²) in [6.45, 7) is 3.48. The van der Waals surface area contributed by atoms with Crippen molar-refractivity contribution in [1.29, 1.82) is 0 Å². The van der Waals surface area contributed by atoms with Gasteiger partial charge in [-0.15, -0.1) is 11.3 Å². The van der Waals surface area contributed by atoms with Crippen molar-refractivity contribution in [2.24, 2.45) is 0 Å². The maximum absolute atomic E-state index is 13.8. The monoisotopic (exact) mass is 432 g/mol. The number of hydrogen-bond acceptors (Lipinski definition) is 3. The lowest BCUT2D eigenvalue weighted by molar-refractivity contribution is -0.143. The number of rotatable bonds is 2. The molecule has 3 aromatic rings. The second kappa shape index (κ2) is 7.64. The van der Waals surface area contributed by atoms with Crippen LogP contribution in [0.3, 0.4) is 0 Å². The average molecular weight is 433 g/mol. The highest BCUT2D eigenvalue weighted by Gasteiger charge is 2.39. The largest absolute Gasteiger partial charge is 0.368 e. The smallest absolute Gasteiger partial charge is 0.252 e. The molecule has 1 fully saturated rings. The molecule has 31 heavy (non-hydrogen) atoms. The molecule has 6 rings (SSSR count). The predicted molar refractivity (Wildman–Crippen MR) is 123 cm³/mol. The summed E-state index contributed by atoms with van der Waals surface area (Å²) in [7, 11) is 0. The van der Waals surface area contributed by atoms with Crippen LogP contribution in [0.2, 0.25) is 0 Å². The first-order chi connectivity index (χ1) is 15.2. The number of aryl methyl sites for hydroxylation is 2. The minimum absolute atomic E-state index is 0.106. The van der Waals surface area contributed by atoms with Crippen LogP contribution >= 0.6 is 11.3 Å². The third-order valence-corrected chi connectivity index (χ3v) is 8.36. The SMILES string of the molecule is Cc1cccc([C@@H]2c3cccn3-c3sc4c(c3CN2C(=O)[C@@H]2CCCO2)CCCC4)c1. The highest BCUT2D eigenvalue weighted by atomic mass is 32.1. The van der Waals surface area contributed by atoms with Crippen LogP contribution in [0.5, 0.6) is 0 Å². The van der Waals surface area contributed by atoms with Crippen LogP contribution in [-0.2, 0) is 28.9 Å². The molecule has 0 N–H and O–H groups in total. The number of aromatic nitrogens is 1. The zero-order valence-electron chi connectivity index (χ0n) is 18.0. The molecule has 4 nitrogen and oxygen atoms in total. The Labute approximate surface area is 187 Å². The van der Waals surface area contributed by atoms with Crippen LogP contribution in [-0.4, -0.2) is 28.1 Å². The first kappa shape index (κ1) is 19.3. The third-order valence-electron chi connectivity index (χ3n) is 7.02. The average Bonchev–Trinajstić information content (AvgIpc) is 3.52. The van der Waals surface area contributed by atoms with Gasteiger partial charge in [0.05, 0.1) is 11.7 Å². The molecule has 0 bridgehead atoms. The lowest BCUT2D eigenvalue weighted by Crippen LogP contribution is -2.41. The molecule has 1 amide bonds. The minimum Gasteiger partial charge on any atom is -0.368 e. The van der Waals surface area contributed by atoms with E-state index in [1.54, 1.807) is 0 Å². The van der Waals surface area contributed by atoms with E-state index < -0.39 is 0 Å². The van der Waals surface area contributed by atoms with E-state index in [2.05, 4.69) is 59.0 Å². The van der Waals surface area contributed by atoms with Crippen LogP contribution in [0.1, 0.15) is 64.6 Å². The van der Waals surface area contributed by atoms with Crippen LogP contribution in [0.4, 0.5) is 0 Å². The molecular formula is C26H28N2O2S. The molecule has 0 spiro atoms. The van der Waals surface area contributed by atoms with E-state index in [0.717, 1.165) is 19.3 Å². The van der Waals surface area contributed by atoms with Crippen LogP contribution < -0.4 is 0 Å². The normalized spacial score (nSPS) is 22.5. The topological polar surface area (TPSA) is 34.5 Å². The summed E-state index contributed by atoms with van der Waals surface area (Å²) in [5.41, 5.74) is 6.43. The minimum atomic E-state index is -0.313. The molecule has 0 radical (unpaired) electrons. The first-order valence-corrected chi connectivity index (χ1v) is 12.3. The van der Waals surface area contributed by atoms with Gasteiger partial charge in [-0.05, 0) is 68.7 Å². The van der Waals surface area contributed by atoms with Crippen LogP contribution in [0, 0.1) is 6.92 Å². The van der Waals surface area contributed by atoms with Gasteiger partial charge in [0, 0.05) is 29.8 Å². The number of ether oxygens (including phenoxy) is 1. The second-order valence-corrected chi connectivity index (χ2v) is 10.2. The van der Waals surface area contributed by atoms with Gasteiger partial charge in [0.1, 0.15) is 11.1 Å². The molecule has 2 aliphatic heterocycles. The highest BCUT2D eigenvalue weighted by molar-refractivity contribution is 7.15. The fourth-order valence-electron chi connectivity index (χ4n) is 5.55. The number of hydrogen-bond donors (Lipinski definition) is 0. The van der Waals surface area contributed by atoms with Crippen molar-refractivity contribution in [3.8, 4) is 5.00 Å². The van der Waals surface area contributed by atoms with E-state index in [1.165, 1.54) is 57.1 Å². The maximum Gasteiger partial charge on any atom is 0.252 e. The molecule has 160 valence electrons. The Balaban J connectivity index is 1.55. The Morgan fingerprint density at radius 1 is 1.10 bits per heavy atom. The zero-order chi connectivity index (χ0) is 20.9. The quantitative estimate of drug-likeness (QED) is 0.548. The molecular weight excluding hydrogens is 404 g/mol. The van der Waals surface area contributed by atoms with Gasteiger partial charge in [0.2, 0.25) is 0 Å². The molecule has 1 aromatic carbocycles. The third kappa shape index (κ3) is 3.17. The van der Waals surface area contributed by atoms with Crippen molar-refractivity contribution < 1.29 is 9.53 Å². The van der Waals surface area contributed by atoms with E-state index in [-0.39, 0.29) is 18.1 Å². The van der Waals surface area contributed by atoms with Gasteiger partial charge in [-0.3, -0.25) is 4.79 Å². The van der Waals surface area contributed by atoms with Crippen LogP contribution in [0.15, 0.2) is 42.6 Å². The molecule has 0 saturated carbocycles. The summed E-state index contributed by atoms with van der Waals surface area (Å²) in [5.74, 6) is 0.139. The molecule has 2 atom stereocenters. The molecule has 4 heterocycles. The van der Waals surface area contributed by atoms with Crippen molar-refractivity contribution in [2.75, 3.05) is 6.61 Å². The molecule has 1 aliphatic carbocycles. The fourth-order valence-corrected chi connectivity index (χ4v) is 6.95. The molecule has 0 unspecified atom stereocenters. The zero-order valence-corrected chi connectivity index (χ0v) is 18.8. The highest BCUT2D eigenvalue weighted by Crippen LogP contribution is 2.44. The lowest BCUT2D eigenvalue weighted by atomic mass is 9.94. The predicted octanol–water partition coefficient (Wildman–Crippen LogP) is 5.34. The Hall–Kier alpha value is -2.37. The standard InChI is InChI=1S/C26H28N2O2S/c1-17-7-4-8-18(15-17)24-21-10-5-13-27(21)26-20(19-9-2-3-12-23(19)31-26)16-28(24)25(29)22-11-6-14-30-22/h4-5,7-8,10,13,15,22,24H,2-3,6,9,11-12,14,16H2,1H3/t22-,24+/m0/s1. The van der Waals surface area contributed by atoms with E-state index in [1.807, 2.05) is 11.3 Å². The summed E-state index contributed by atoms with van der Waals surface area (Å²) in [6.07, 6.45) is 8.48. The number of thiophene rings is 1. The van der Waals surface area contributed by atoms with E-state index in [0.29, 0.717) is 13.2 Å². The number of carbonyl (C=O) groups is 1. The number of fused-ring (bicyclic) bond motifs is 5. The summed E-state index contributed by atoms with van der Waals surface area (Å²) in [6, 6.07) is 12.8. The van der Waals surface area contributed by atoms with Gasteiger partial charge in [-0.25, -0.2) is 0 Å². The van der Waals surface area contributed by atoms with E-state index >= 15 is 0 Å². The molecule has 2 aromatic heterocycles. The number of nitrogens with zero attached hydrogens (tertiary/aromatic N) is 2. The summed E-state index contributed by atoms with van der Waals surface area (Å²) in [4.78, 5) is 17.5. The summed E-state index contributed by atoms with van der Waals surface area (Å²) >= 11 is 1.94. The van der Waals surface area contributed by atoms with Gasteiger partial charge in [-0.1, -0.05) is 29.8 Å². The molecule has 1 saturated heterocycles. The Kier molecular flexibility index (Phi) is 4.77. The van der Waals surface area contributed by atoms with Crippen molar-refractivity contribution in [3.05, 3.63) is 75.4 Å². The van der Waals surface area contributed by atoms with Gasteiger partial charge >= 0.3 is 0 Å². The lowest BCUT2D eigenvalue weighted by Gasteiger charge is -2.33. The Morgan fingerprint density at radius 2 is 2.00 bits per heavy atom. The van der Waals surface area contributed by atoms with Crippen molar-refractivity contribution >= 4 is 17.2 Å². The second-order valence-electron chi connectivity index (χ2n) is 9.08. The first-order valence-electron chi connectivity index (χ1n) is 11.5. The van der Waals surface area contributed by atoms with Crippen molar-refractivity contribution in [2.45, 2.75) is 64.1 Å². The van der Waals surface area contributed by atoms with Gasteiger partial charge in [0.25, 0.3) is 5.91 Å². The van der Waals surface area contributed by atoms with Gasteiger partial charge in [0.15, 0.2) is 0 Å². The number of carbonyl (C=O) groups excluding carboxylic acids is 1. The molecule has 5 heteroatoms.